The standard InChI is InChI=1S/C28H27N5O4/c1-3-36-23-15-20(11-14-22(23)37-16-18-7-5-4-6-8-18)25-24(26(29)35)17(2)30-28-31-27(32-33(25)28)19-9-12-21(34)13-10-19/h4-15,25,34H,3,16H2,1-2H3,(H2,29,35)(H,30,31,32). The Labute approximate surface area is 214 Å². The number of primary amides is 1. The molecular weight excluding hydrogens is 470 g/mol. The van der Waals surface area contributed by atoms with Crippen LogP contribution in [0.3, 0.4) is 0 Å². The maximum absolute atomic E-state index is 12.6. The van der Waals surface area contributed by atoms with Gasteiger partial charge in [-0.2, -0.15) is 4.98 Å². The first-order valence-electron chi connectivity index (χ1n) is 11.9. The van der Waals surface area contributed by atoms with Crippen molar-refractivity contribution in [2.75, 3.05) is 11.9 Å². The number of benzene rings is 3. The lowest BCUT2D eigenvalue weighted by molar-refractivity contribution is -0.115. The lowest BCUT2D eigenvalue weighted by Gasteiger charge is -2.28. The zero-order valence-corrected chi connectivity index (χ0v) is 20.5. The van der Waals surface area contributed by atoms with Gasteiger partial charge >= 0.3 is 0 Å². The highest BCUT2D eigenvalue weighted by atomic mass is 16.5. The zero-order valence-electron chi connectivity index (χ0n) is 20.5. The van der Waals surface area contributed by atoms with Gasteiger partial charge in [-0.3, -0.25) is 4.79 Å². The van der Waals surface area contributed by atoms with Crippen LogP contribution in [0.5, 0.6) is 17.2 Å². The summed E-state index contributed by atoms with van der Waals surface area (Å²) in [7, 11) is 0. The minimum Gasteiger partial charge on any atom is -0.508 e. The van der Waals surface area contributed by atoms with Crippen LogP contribution in [-0.4, -0.2) is 32.4 Å². The summed E-state index contributed by atoms with van der Waals surface area (Å²) >= 11 is 0. The summed E-state index contributed by atoms with van der Waals surface area (Å²) < 4.78 is 13.6. The van der Waals surface area contributed by atoms with Gasteiger partial charge in [0.2, 0.25) is 11.9 Å². The molecular formula is C28H27N5O4. The summed E-state index contributed by atoms with van der Waals surface area (Å²) in [6.07, 6.45) is 0. The van der Waals surface area contributed by atoms with E-state index in [4.69, 9.17) is 20.3 Å². The van der Waals surface area contributed by atoms with Crippen LogP contribution in [0, 0.1) is 0 Å². The second-order valence-electron chi connectivity index (χ2n) is 8.59. The first-order chi connectivity index (χ1) is 17.9. The molecule has 1 atom stereocenters. The molecule has 1 aliphatic heterocycles. The number of anilines is 1. The molecule has 9 nitrogen and oxygen atoms in total. The Bertz CT molecular complexity index is 1460. The van der Waals surface area contributed by atoms with Crippen molar-refractivity contribution in [3.05, 3.63) is 95.2 Å². The van der Waals surface area contributed by atoms with E-state index in [-0.39, 0.29) is 5.75 Å². The third kappa shape index (κ3) is 4.84. The van der Waals surface area contributed by atoms with Gasteiger partial charge < -0.3 is 25.6 Å². The number of ether oxygens (including phenoxy) is 2. The van der Waals surface area contributed by atoms with E-state index in [0.29, 0.717) is 47.8 Å². The maximum atomic E-state index is 12.6. The normalized spacial score (nSPS) is 14.6. The average molecular weight is 498 g/mol. The summed E-state index contributed by atoms with van der Waals surface area (Å²) in [5.41, 5.74) is 9.30. The Morgan fingerprint density at radius 2 is 1.81 bits per heavy atom. The molecule has 0 aliphatic carbocycles. The lowest BCUT2D eigenvalue weighted by atomic mass is 9.95. The van der Waals surface area contributed by atoms with Gasteiger partial charge in [0.1, 0.15) is 18.4 Å². The molecule has 3 aromatic carbocycles. The number of nitrogens with zero attached hydrogens (tertiary/aromatic N) is 3. The predicted molar refractivity (Wildman–Crippen MR) is 139 cm³/mol. The molecule has 1 amide bonds. The van der Waals surface area contributed by atoms with E-state index in [9.17, 15) is 9.90 Å². The molecule has 0 fully saturated rings. The summed E-state index contributed by atoms with van der Waals surface area (Å²) in [5, 5.41) is 17.5. The van der Waals surface area contributed by atoms with Gasteiger partial charge in [-0.1, -0.05) is 36.4 Å². The zero-order chi connectivity index (χ0) is 25.9. The Morgan fingerprint density at radius 1 is 1.05 bits per heavy atom. The molecule has 5 rings (SSSR count). The number of carbonyl (C=O) groups is 1. The maximum Gasteiger partial charge on any atom is 0.248 e. The SMILES string of the molecule is CCOc1cc(C2C(C(N)=O)=C(C)Nc3nc(-c4ccc(O)cc4)nn32)ccc1OCc1ccccc1. The first-order valence-corrected chi connectivity index (χ1v) is 11.9. The third-order valence-electron chi connectivity index (χ3n) is 6.06. The monoisotopic (exact) mass is 497 g/mol. The minimum absolute atomic E-state index is 0.148. The Morgan fingerprint density at radius 3 is 2.51 bits per heavy atom. The number of allylic oxidation sites excluding steroid dienone is 1. The van der Waals surface area contributed by atoms with E-state index in [1.165, 1.54) is 0 Å². The third-order valence-corrected chi connectivity index (χ3v) is 6.06. The molecule has 1 unspecified atom stereocenters. The average Bonchev–Trinajstić information content (AvgIpc) is 3.31. The number of aromatic hydroxyl groups is 1. The van der Waals surface area contributed by atoms with E-state index in [2.05, 4.69) is 10.3 Å². The fourth-order valence-electron chi connectivity index (χ4n) is 4.33. The van der Waals surface area contributed by atoms with Gasteiger partial charge in [0.05, 0.1) is 12.2 Å². The van der Waals surface area contributed by atoms with Gasteiger partial charge in [0.25, 0.3) is 0 Å². The van der Waals surface area contributed by atoms with Gasteiger partial charge in [-0.05, 0) is 61.4 Å². The highest BCUT2D eigenvalue weighted by Crippen LogP contribution is 2.39. The number of aromatic nitrogens is 3. The van der Waals surface area contributed by atoms with Crippen molar-refractivity contribution in [3.63, 3.8) is 0 Å². The van der Waals surface area contributed by atoms with Crippen molar-refractivity contribution in [1.29, 1.82) is 0 Å². The number of rotatable bonds is 8. The van der Waals surface area contributed by atoms with Gasteiger partial charge in [-0.15, -0.1) is 5.10 Å². The Hall–Kier alpha value is -4.79. The molecule has 0 saturated heterocycles. The molecule has 4 N–H and O–H groups in total. The predicted octanol–water partition coefficient (Wildman–Crippen LogP) is 4.40. The molecule has 0 radical (unpaired) electrons. The second kappa shape index (κ2) is 10.1. The summed E-state index contributed by atoms with van der Waals surface area (Å²) in [6, 6.07) is 21.4. The highest BCUT2D eigenvalue weighted by molar-refractivity contribution is 5.95. The fraction of sp³-hybridized carbons (Fsp3) is 0.179. The van der Waals surface area contributed by atoms with Crippen molar-refractivity contribution in [1.82, 2.24) is 14.8 Å². The number of hydrogen-bond donors (Lipinski definition) is 3. The van der Waals surface area contributed by atoms with Crippen molar-refractivity contribution in [2.45, 2.75) is 26.5 Å². The molecule has 9 heteroatoms. The molecule has 0 saturated carbocycles. The first kappa shape index (κ1) is 23.9. The summed E-state index contributed by atoms with van der Waals surface area (Å²) in [4.78, 5) is 17.2. The number of phenols is 1. The summed E-state index contributed by atoms with van der Waals surface area (Å²) in [6.45, 7) is 4.51. The van der Waals surface area contributed by atoms with E-state index >= 15 is 0 Å². The van der Waals surface area contributed by atoms with Gasteiger partial charge in [0, 0.05) is 11.3 Å². The number of fused-ring (bicyclic) bond motifs is 1. The van der Waals surface area contributed by atoms with Crippen LogP contribution in [0.1, 0.15) is 31.0 Å². The molecule has 2 heterocycles. The molecule has 4 aromatic rings. The van der Waals surface area contributed by atoms with Crippen molar-refractivity contribution in [3.8, 4) is 28.6 Å². The number of hydrogen-bond acceptors (Lipinski definition) is 7. The van der Waals surface area contributed by atoms with Gasteiger partial charge in [0.15, 0.2) is 17.3 Å². The molecule has 0 spiro atoms. The highest BCUT2D eigenvalue weighted by Gasteiger charge is 2.34. The number of amides is 1. The quantitative estimate of drug-likeness (QED) is 0.329. The van der Waals surface area contributed by atoms with Crippen LogP contribution in [0.15, 0.2) is 84.1 Å². The molecule has 0 bridgehead atoms. The van der Waals surface area contributed by atoms with Crippen LogP contribution in [0.4, 0.5) is 5.95 Å². The Balaban J connectivity index is 1.55. The van der Waals surface area contributed by atoms with E-state index in [0.717, 1.165) is 16.7 Å². The number of carbonyl (C=O) groups excluding carboxylic acids is 1. The van der Waals surface area contributed by atoms with Crippen LogP contribution in [-0.2, 0) is 11.4 Å². The van der Waals surface area contributed by atoms with Crippen LogP contribution < -0.4 is 20.5 Å². The van der Waals surface area contributed by atoms with Crippen LogP contribution in [0.25, 0.3) is 11.4 Å². The molecule has 37 heavy (non-hydrogen) atoms. The fourth-order valence-corrected chi connectivity index (χ4v) is 4.33. The number of nitrogens with two attached hydrogens (primary N) is 1. The number of phenolic OH excluding ortho intramolecular Hbond substituents is 1. The molecule has 188 valence electrons. The second-order valence-corrected chi connectivity index (χ2v) is 8.59. The van der Waals surface area contributed by atoms with E-state index < -0.39 is 11.9 Å². The largest absolute Gasteiger partial charge is 0.508 e. The van der Waals surface area contributed by atoms with Crippen molar-refractivity contribution in [2.24, 2.45) is 5.73 Å². The molecule has 1 aromatic heterocycles. The van der Waals surface area contributed by atoms with Crippen molar-refractivity contribution < 1.29 is 19.4 Å². The van der Waals surface area contributed by atoms with Crippen LogP contribution >= 0.6 is 0 Å². The van der Waals surface area contributed by atoms with Crippen LogP contribution in [0.2, 0.25) is 0 Å². The smallest absolute Gasteiger partial charge is 0.248 e. The molecule has 1 aliphatic rings. The van der Waals surface area contributed by atoms with E-state index in [1.54, 1.807) is 35.9 Å². The summed E-state index contributed by atoms with van der Waals surface area (Å²) in [5.74, 6) is 1.64. The Kier molecular flexibility index (Phi) is 6.51. The number of nitrogens with one attached hydrogen (secondary N) is 1. The lowest BCUT2D eigenvalue weighted by Crippen LogP contribution is -2.31. The van der Waals surface area contributed by atoms with Gasteiger partial charge in [-0.25, -0.2) is 4.68 Å². The van der Waals surface area contributed by atoms with E-state index in [1.807, 2.05) is 55.5 Å². The van der Waals surface area contributed by atoms with Crippen molar-refractivity contribution >= 4 is 11.9 Å². The topological polar surface area (TPSA) is 125 Å². The minimum atomic E-state index is -0.630.